The molecule has 0 N–H and O–H groups in total. The molecule has 0 atom stereocenters. The molecule has 0 bridgehead atoms. The molecule has 0 aliphatic carbocycles. The van der Waals surface area contributed by atoms with E-state index in [2.05, 4.69) is 0 Å². The molecule has 1 fully saturated rings. The maximum absolute atomic E-state index is 13.5. The zero-order chi connectivity index (χ0) is 43.6. The Labute approximate surface area is 355 Å². The standard InChI is InChI=1S/C24H23FN2O4S.C22H21FN2O3S/c25-21-9-11-23(12-10-21)32(29,30)27(18-19-5-2-1-3-6-19)22-8-4-7-20(17-22)24(28)26-13-15-31-16-14-26;1-24(2)22(26)18-9-6-10-20(15-18)25(16-17-7-4-3-5-8-17)29(27,28)21-13-11-19(23)12-14-21/h1-12,17H,13-16,18H2;3-15H,16H2,1-2H3. The van der Waals surface area contributed by atoms with Gasteiger partial charge in [0.2, 0.25) is 0 Å². The summed E-state index contributed by atoms with van der Waals surface area (Å²) in [5.74, 6) is -1.44. The van der Waals surface area contributed by atoms with Crippen molar-refractivity contribution >= 4 is 43.2 Å². The van der Waals surface area contributed by atoms with E-state index in [-0.39, 0.29) is 34.7 Å². The number of ether oxygens (including phenoxy) is 1. The Balaban J connectivity index is 0.000000205. The molecule has 0 spiro atoms. The zero-order valence-corrected chi connectivity index (χ0v) is 35.1. The topological polar surface area (TPSA) is 125 Å². The van der Waals surface area contributed by atoms with Crippen LogP contribution in [0, 0.1) is 11.6 Å². The number of halogens is 2. The highest BCUT2D eigenvalue weighted by Gasteiger charge is 2.28. The van der Waals surface area contributed by atoms with E-state index in [9.17, 15) is 35.2 Å². The third-order valence-electron chi connectivity index (χ3n) is 9.61. The van der Waals surface area contributed by atoms with Gasteiger partial charge in [-0.05, 0) is 96.1 Å². The zero-order valence-electron chi connectivity index (χ0n) is 33.5. The van der Waals surface area contributed by atoms with Gasteiger partial charge in [0.25, 0.3) is 31.9 Å². The smallest absolute Gasteiger partial charge is 0.264 e. The number of morpholine rings is 1. The number of hydrogen-bond acceptors (Lipinski definition) is 7. The lowest BCUT2D eigenvalue weighted by Crippen LogP contribution is -2.40. The van der Waals surface area contributed by atoms with Crippen molar-refractivity contribution in [3.05, 3.63) is 192 Å². The molecular formula is C46H44F2N4O7S2. The lowest BCUT2D eigenvalue weighted by molar-refractivity contribution is 0.0303. The van der Waals surface area contributed by atoms with E-state index in [1.807, 2.05) is 60.7 Å². The van der Waals surface area contributed by atoms with Gasteiger partial charge in [-0.25, -0.2) is 25.6 Å². The Bertz CT molecular complexity index is 2650. The molecule has 1 aliphatic heterocycles. The first kappa shape index (κ1) is 44.1. The van der Waals surface area contributed by atoms with Crippen molar-refractivity contribution in [3.63, 3.8) is 0 Å². The van der Waals surface area contributed by atoms with Gasteiger partial charge in [-0.15, -0.1) is 0 Å². The maximum atomic E-state index is 13.5. The minimum absolute atomic E-state index is 0.0280. The number of amides is 2. The molecule has 1 heterocycles. The van der Waals surface area contributed by atoms with E-state index in [1.165, 1.54) is 37.8 Å². The number of carbonyl (C=O) groups excluding carboxylic acids is 2. The van der Waals surface area contributed by atoms with Gasteiger partial charge in [0, 0.05) is 38.3 Å². The maximum Gasteiger partial charge on any atom is 0.264 e. The van der Waals surface area contributed by atoms with Gasteiger partial charge in [0.05, 0.1) is 47.5 Å². The van der Waals surface area contributed by atoms with Gasteiger partial charge in [-0.3, -0.25) is 18.2 Å². The molecule has 7 rings (SSSR count). The molecule has 0 radical (unpaired) electrons. The van der Waals surface area contributed by atoms with Crippen LogP contribution in [-0.2, 0) is 37.9 Å². The lowest BCUT2D eigenvalue weighted by Gasteiger charge is -2.28. The quantitative estimate of drug-likeness (QED) is 0.124. The monoisotopic (exact) mass is 866 g/mol. The summed E-state index contributed by atoms with van der Waals surface area (Å²) in [4.78, 5) is 28.4. The summed E-state index contributed by atoms with van der Waals surface area (Å²) in [6, 6.07) is 40.8. The van der Waals surface area contributed by atoms with Crippen LogP contribution in [0.2, 0.25) is 0 Å². The Kier molecular flexibility index (Phi) is 14.3. The molecule has 6 aromatic rings. The van der Waals surface area contributed by atoms with Gasteiger partial charge >= 0.3 is 0 Å². The van der Waals surface area contributed by atoms with Crippen molar-refractivity contribution in [3.8, 4) is 0 Å². The molecule has 61 heavy (non-hydrogen) atoms. The average Bonchev–Trinajstić information content (AvgIpc) is 3.28. The van der Waals surface area contributed by atoms with Crippen LogP contribution in [0.15, 0.2) is 168 Å². The van der Waals surface area contributed by atoms with Crippen molar-refractivity contribution in [2.45, 2.75) is 22.9 Å². The second kappa shape index (κ2) is 19.8. The van der Waals surface area contributed by atoms with E-state index in [0.717, 1.165) is 35.4 Å². The number of hydrogen-bond donors (Lipinski definition) is 0. The molecule has 0 unspecified atom stereocenters. The van der Waals surface area contributed by atoms with Crippen molar-refractivity contribution in [2.75, 3.05) is 49.0 Å². The van der Waals surface area contributed by atoms with Gasteiger partial charge in [-0.1, -0.05) is 72.8 Å². The van der Waals surface area contributed by atoms with Crippen molar-refractivity contribution < 1.29 is 39.9 Å². The van der Waals surface area contributed by atoms with Gasteiger partial charge < -0.3 is 14.5 Å². The number of nitrogens with zero attached hydrogens (tertiary/aromatic N) is 4. The molecule has 0 aromatic heterocycles. The normalized spacial score (nSPS) is 12.8. The highest BCUT2D eigenvalue weighted by Crippen LogP contribution is 2.29. The van der Waals surface area contributed by atoms with Crippen molar-refractivity contribution in [2.24, 2.45) is 0 Å². The number of rotatable bonds is 12. The summed E-state index contributed by atoms with van der Waals surface area (Å²) in [7, 11) is -4.74. The van der Waals surface area contributed by atoms with E-state index < -0.39 is 31.7 Å². The van der Waals surface area contributed by atoms with E-state index >= 15 is 0 Å². The van der Waals surface area contributed by atoms with Crippen LogP contribution in [0.1, 0.15) is 31.8 Å². The minimum atomic E-state index is -4.01. The molecule has 15 heteroatoms. The van der Waals surface area contributed by atoms with Crippen LogP contribution in [-0.4, -0.2) is 78.8 Å². The highest BCUT2D eigenvalue weighted by atomic mass is 32.2. The van der Waals surface area contributed by atoms with E-state index in [1.54, 1.807) is 67.5 Å². The predicted molar refractivity (Wildman–Crippen MR) is 230 cm³/mol. The Hall–Kier alpha value is -6.42. The molecule has 11 nitrogen and oxygen atoms in total. The minimum Gasteiger partial charge on any atom is -0.378 e. The first-order valence-electron chi connectivity index (χ1n) is 19.2. The van der Waals surface area contributed by atoms with Crippen molar-refractivity contribution in [1.82, 2.24) is 9.80 Å². The Morgan fingerprint density at radius 3 is 1.39 bits per heavy atom. The molecule has 316 valence electrons. The van der Waals surface area contributed by atoms with Crippen LogP contribution in [0.5, 0.6) is 0 Å². The fourth-order valence-corrected chi connectivity index (χ4v) is 9.28. The summed E-state index contributed by atoms with van der Waals surface area (Å²) in [6.45, 7) is 2.07. The number of sulfonamides is 2. The number of benzene rings is 6. The fraction of sp³-hybridized carbons (Fsp3) is 0.174. The van der Waals surface area contributed by atoms with Crippen molar-refractivity contribution in [1.29, 1.82) is 0 Å². The number of carbonyl (C=O) groups is 2. The molecule has 0 saturated carbocycles. The van der Waals surface area contributed by atoms with Crippen LogP contribution >= 0.6 is 0 Å². The third-order valence-corrected chi connectivity index (χ3v) is 13.2. The largest absolute Gasteiger partial charge is 0.378 e. The SMILES string of the molecule is CN(C)C(=O)c1cccc(N(Cc2ccccc2)S(=O)(=O)c2ccc(F)cc2)c1.O=C(c1cccc(N(Cc2ccccc2)S(=O)(=O)c2ccc(F)cc2)c1)N1CCOCC1. The van der Waals surface area contributed by atoms with Gasteiger partial charge in [0.1, 0.15) is 11.6 Å². The predicted octanol–water partition coefficient (Wildman–Crippen LogP) is 7.62. The number of anilines is 2. The van der Waals surface area contributed by atoms with Gasteiger partial charge in [0.15, 0.2) is 0 Å². The van der Waals surface area contributed by atoms with Crippen LogP contribution in [0.25, 0.3) is 0 Å². The second-order valence-electron chi connectivity index (χ2n) is 14.1. The molecule has 1 aliphatic rings. The Morgan fingerprint density at radius 1 is 0.557 bits per heavy atom. The first-order valence-corrected chi connectivity index (χ1v) is 22.1. The van der Waals surface area contributed by atoms with Crippen LogP contribution in [0.4, 0.5) is 20.2 Å². The second-order valence-corrected chi connectivity index (χ2v) is 17.8. The summed E-state index contributed by atoms with van der Waals surface area (Å²) < 4.78 is 88.3. The molecule has 2 amide bonds. The molecule has 6 aromatic carbocycles. The summed E-state index contributed by atoms with van der Waals surface area (Å²) >= 11 is 0. The van der Waals surface area contributed by atoms with Gasteiger partial charge in [-0.2, -0.15) is 0 Å². The summed E-state index contributed by atoms with van der Waals surface area (Å²) in [6.07, 6.45) is 0. The first-order chi connectivity index (χ1) is 29.2. The van der Waals surface area contributed by atoms with Crippen LogP contribution < -0.4 is 8.61 Å². The highest BCUT2D eigenvalue weighted by molar-refractivity contribution is 7.93. The van der Waals surface area contributed by atoms with Crippen LogP contribution in [0.3, 0.4) is 0 Å². The third kappa shape index (κ3) is 11.0. The fourth-order valence-electron chi connectivity index (χ4n) is 6.39. The molecule has 1 saturated heterocycles. The lowest BCUT2D eigenvalue weighted by atomic mass is 10.1. The molecular weight excluding hydrogens is 823 g/mol. The summed E-state index contributed by atoms with van der Waals surface area (Å²) in [5.41, 5.74) is 3.05. The van der Waals surface area contributed by atoms with E-state index in [0.29, 0.717) is 48.8 Å². The Morgan fingerprint density at radius 2 is 0.967 bits per heavy atom. The van der Waals surface area contributed by atoms with E-state index in [4.69, 9.17) is 4.74 Å². The summed E-state index contributed by atoms with van der Waals surface area (Å²) in [5, 5.41) is 0. The average molecular weight is 867 g/mol.